The van der Waals surface area contributed by atoms with Crippen molar-refractivity contribution in [2.45, 2.75) is 13.5 Å². The molecule has 11 heteroatoms. The Bertz CT molecular complexity index is 1480. The number of anilines is 1. The minimum absolute atomic E-state index is 0.157. The zero-order valence-electron chi connectivity index (χ0n) is 19.4. The van der Waals surface area contributed by atoms with Crippen LogP contribution in [0.15, 0.2) is 63.0 Å². The number of benzene rings is 3. The Labute approximate surface area is 239 Å². The van der Waals surface area contributed by atoms with Crippen molar-refractivity contribution in [3.8, 4) is 11.5 Å². The van der Waals surface area contributed by atoms with E-state index in [-0.39, 0.29) is 12.2 Å². The van der Waals surface area contributed by atoms with Crippen molar-refractivity contribution in [3.05, 3.63) is 89.8 Å². The third-order valence-corrected chi connectivity index (χ3v) is 7.65. The number of aryl methyl sites for hydroxylation is 1. The molecule has 0 radical (unpaired) electrons. The van der Waals surface area contributed by atoms with Gasteiger partial charge in [0.15, 0.2) is 11.5 Å². The molecule has 0 spiro atoms. The van der Waals surface area contributed by atoms with Crippen LogP contribution in [0, 0.1) is 6.92 Å². The van der Waals surface area contributed by atoms with Crippen molar-refractivity contribution in [2.24, 2.45) is 0 Å². The van der Waals surface area contributed by atoms with Gasteiger partial charge in [0.25, 0.3) is 11.8 Å². The van der Waals surface area contributed by atoms with E-state index >= 15 is 0 Å². The zero-order valence-corrected chi connectivity index (χ0v) is 24.1. The van der Waals surface area contributed by atoms with Gasteiger partial charge in [-0.3, -0.25) is 14.9 Å². The molecule has 0 saturated carbocycles. The first kappa shape index (κ1) is 27.2. The highest BCUT2D eigenvalue weighted by atomic mass is 79.9. The minimum atomic E-state index is -0.824. The Hall–Kier alpha value is -2.85. The van der Waals surface area contributed by atoms with Crippen LogP contribution in [0.1, 0.15) is 16.7 Å². The number of imide groups is 2. The average Bonchev–Trinajstić information content (AvgIpc) is 2.84. The summed E-state index contributed by atoms with van der Waals surface area (Å²) >= 11 is 19.0. The van der Waals surface area contributed by atoms with E-state index in [1.807, 2.05) is 6.92 Å². The first-order valence-corrected chi connectivity index (χ1v) is 13.0. The van der Waals surface area contributed by atoms with Crippen LogP contribution in [0.4, 0.5) is 10.5 Å². The number of hydrogen-bond donors (Lipinski definition) is 1. The van der Waals surface area contributed by atoms with Crippen LogP contribution in [-0.4, -0.2) is 25.0 Å². The first-order valence-electron chi connectivity index (χ1n) is 10.7. The number of ether oxygens (including phenoxy) is 2. The van der Waals surface area contributed by atoms with Gasteiger partial charge in [0.05, 0.1) is 12.8 Å². The van der Waals surface area contributed by atoms with E-state index in [0.717, 1.165) is 20.5 Å². The van der Waals surface area contributed by atoms with E-state index < -0.39 is 17.8 Å². The lowest BCUT2D eigenvalue weighted by Gasteiger charge is -2.27. The summed E-state index contributed by atoms with van der Waals surface area (Å²) in [5.41, 5.74) is 2.14. The molecule has 0 bridgehead atoms. The Balaban J connectivity index is 1.65. The highest BCUT2D eigenvalue weighted by Crippen LogP contribution is 2.36. The summed E-state index contributed by atoms with van der Waals surface area (Å²) in [6.07, 6.45) is 1.38. The second-order valence-electron chi connectivity index (χ2n) is 7.94. The Kier molecular flexibility index (Phi) is 8.28. The number of halogens is 4. The van der Waals surface area contributed by atoms with Crippen LogP contribution in [0.3, 0.4) is 0 Å². The zero-order chi connectivity index (χ0) is 26.9. The van der Waals surface area contributed by atoms with Gasteiger partial charge in [-0.2, -0.15) is 0 Å². The quantitative estimate of drug-likeness (QED) is 0.224. The van der Waals surface area contributed by atoms with Gasteiger partial charge < -0.3 is 9.47 Å². The van der Waals surface area contributed by atoms with Crippen molar-refractivity contribution in [1.29, 1.82) is 0 Å². The molecule has 1 saturated heterocycles. The van der Waals surface area contributed by atoms with Gasteiger partial charge in [0.1, 0.15) is 12.2 Å². The standard InChI is InChI=1S/C26H18Br2Cl2N2O5/c1-13-7-17(5-6-19(13)27)32-25(34)18(24(33)31-26(32)35)8-15-9-22(36-2)23(11-20(15)28)37-12-14-3-4-16(29)10-21(14)30/h3-11H,12H2,1-2H3,(H,31,33,35)/b18-8+. The summed E-state index contributed by atoms with van der Waals surface area (Å²) < 4.78 is 12.7. The number of nitrogens with zero attached hydrogens (tertiary/aromatic N) is 1. The van der Waals surface area contributed by atoms with Crippen LogP contribution in [0.2, 0.25) is 10.0 Å². The van der Waals surface area contributed by atoms with Gasteiger partial charge >= 0.3 is 6.03 Å². The molecule has 37 heavy (non-hydrogen) atoms. The van der Waals surface area contributed by atoms with E-state index in [1.54, 1.807) is 48.5 Å². The lowest BCUT2D eigenvalue weighted by molar-refractivity contribution is -0.122. The maximum Gasteiger partial charge on any atom is 0.335 e. The number of barbiturate groups is 1. The van der Waals surface area contributed by atoms with Crippen LogP contribution < -0.4 is 19.7 Å². The fraction of sp³-hybridized carbons (Fsp3) is 0.115. The van der Waals surface area contributed by atoms with E-state index in [4.69, 9.17) is 32.7 Å². The molecule has 0 aromatic heterocycles. The highest BCUT2D eigenvalue weighted by molar-refractivity contribution is 9.10. The first-order chi connectivity index (χ1) is 17.6. The number of rotatable bonds is 6. The number of urea groups is 1. The summed E-state index contributed by atoms with van der Waals surface area (Å²) in [5.74, 6) is -0.785. The van der Waals surface area contributed by atoms with Gasteiger partial charge in [-0.05, 0) is 66.6 Å². The number of amides is 4. The molecule has 1 aliphatic rings. The largest absolute Gasteiger partial charge is 0.493 e. The molecule has 4 amide bonds. The number of carbonyl (C=O) groups excluding carboxylic acids is 3. The minimum Gasteiger partial charge on any atom is -0.493 e. The van der Waals surface area contributed by atoms with Gasteiger partial charge in [-0.1, -0.05) is 61.1 Å². The molecule has 1 fully saturated rings. The Morgan fingerprint density at radius 1 is 0.973 bits per heavy atom. The van der Waals surface area contributed by atoms with Crippen molar-refractivity contribution >= 4 is 84.7 Å². The second-order valence-corrected chi connectivity index (χ2v) is 10.5. The third kappa shape index (κ3) is 5.85. The molecule has 0 unspecified atom stereocenters. The molecule has 4 rings (SSSR count). The van der Waals surface area contributed by atoms with Crippen molar-refractivity contribution in [3.63, 3.8) is 0 Å². The summed E-state index contributed by atoms with van der Waals surface area (Å²) in [4.78, 5) is 39.3. The number of hydrogen-bond acceptors (Lipinski definition) is 5. The molecule has 3 aromatic carbocycles. The Morgan fingerprint density at radius 3 is 2.41 bits per heavy atom. The molecule has 7 nitrogen and oxygen atoms in total. The molecule has 3 aromatic rings. The maximum absolute atomic E-state index is 13.3. The van der Waals surface area contributed by atoms with Crippen molar-refractivity contribution in [1.82, 2.24) is 5.32 Å². The van der Waals surface area contributed by atoms with E-state index in [0.29, 0.717) is 37.3 Å². The van der Waals surface area contributed by atoms with Crippen molar-refractivity contribution < 1.29 is 23.9 Å². The van der Waals surface area contributed by atoms with Crippen LogP contribution in [-0.2, 0) is 16.2 Å². The molecule has 0 atom stereocenters. The second kappa shape index (κ2) is 11.3. The third-order valence-electron chi connectivity index (χ3n) is 5.48. The van der Waals surface area contributed by atoms with Gasteiger partial charge in [-0.25, -0.2) is 9.69 Å². The van der Waals surface area contributed by atoms with E-state index in [2.05, 4.69) is 37.2 Å². The molecular weight excluding hydrogens is 651 g/mol. The SMILES string of the molecule is COc1cc(/C=C2\C(=O)NC(=O)N(c3ccc(Br)c(C)c3)C2=O)c(Br)cc1OCc1ccc(Cl)cc1Cl. The number of nitrogens with one attached hydrogen (secondary N) is 1. The molecule has 1 heterocycles. The number of methoxy groups -OCH3 is 1. The summed E-state index contributed by atoms with van der Waals surface area (Å²) in [7, 11) is 1.47. The van der Waals surface area contributed by atoms with Crippen LogP contribution in [0.5, 0.6) is 11.5 Å². The summed E-state index contributed by atoms with van der Waals surface area (Å²) in [6, 6.07) is 12.6. The van der Waals surface area contributed by atoms with Gasteiger partial charge in [0, 0.05) is 24.6 Å². The predicted octanol–water partition coefficient (Wildman–Crippen LogP) is 7.08. The van der Waals surface area contributed by atoms with Gasteiger partial charge in [0.2, 0.25) is 0 Å². The smallest absolute Gasteiger partial charge is 0.335 e. The fourth-order valence-corrected chi connectivity index (χ4v) is 4.69. The maximum atomic E-state index is 13.3. The Morgan fingerprint density at radius 2 is 1.73 bits per heavy atom. The number of carbonyl (C=O) groups is 3. The lowest BCUT2D eigenvalue weighted by Crippen LogP contribution is -2.54. The molecule has 190 valence electrons. The topological polar surface area (TPSA) is 84.9 Å². The lowest BCUT2D eigenvalue weighted by atomic mass is 10.1. The average molecular weight is 669 g/mol. The van der Waals surface area contributed by atoms with E-state index in [1.165, 1.54) is 13.2 Å². The van der Waals surface area contributed by atoms with Gasteiger partial charge in [-0.15, -0.1) is 0 Å². The summed E-state index contributed by atoms with van der Waals surface area (Å²) in [6.45, 7) is 1.99. The molecule has 1 aliphatic heterocycles. The van der Waals surface area contributed by atoms with E-state index in [9.17, 15) is 14.4 Å². The summed E-state index contributed by atoms with van der Waals surface area (Å²) in [5, 5.41) is 3.21. The fourth-order valence-electron chi connectivity index (χ4n) is 3.54. The monoisotopic (exact) mass is 666 g/mol. The molecule has 0 aliphatic carbocycles. The van der Waals surface area contributed by atoms with Crippen LogP contribution >= 0.6 is 55.1 Å². The van der Waals surface area contributed by atoms with Crippen LogP contribution in [0.25, 0.3) is 6.08 Å². The van der Waals surface area contributed by atoms with Crippen molar-refractivity contribution in [2.75, 3.05) is 12.0 Å². The normalized spacial score (nSPS) is 14.7. The molecule has 1 N–H and O–H groups in total. The highest BCUT2D eigenvalue weighted by Gasteiger charge is 2.37. The predicted molar refractivity (Wildman–Crippen MR) is 149 cm³/mol. The molecular formula is C26H18Br2Cl2N2O5.